The zero-order valence-corrected chi connectivity index (χ0v) is 15.0. The molecule has 2 rings (SSSR count). The molecule has 1 aliphatic rings. The van der Waals surface area contributed by atoms with Crippen LogP contribution in [0.15, 0.2) is 24.3 Å². The highest BCUT2D eigenvalue weighted by Crippen LogP contribution is 2.16. The van der Waals surface area contributed by atoms with E-state index in [1.54, 1.807) is 4.90 Å². The van der Waals surface area contributed by atoms with Crippen LogP contribution in [0.3, 0.4) is 0 Å². The molecule has 0 radical (unpaired) electrons. The van der Waals surface area contributed by atoms with Crippen LogP contribution in [0, 0.1) is 0 Å². The van der Waals surface area contributed by atoms with Crippen LogP contribution in [0.2, 0.25) is 0 Å². The molecule has 1 heterocycles. The molecular formula is C19H27NO5. The Balaban J connectivity index is 1.95. The number of hydrogen-bond acceptors (Lipinski definition) is 5. The molecule has 0 saturated carbocycles. The predicted molar refractivity (Wildman–Crippen MR) is 93.5 cm³/mol. The molecule has 0 aliphatic carbocycles. The lowest BCUT2D eigenvalue weighted by molar-refractivity contribution is -0.142. The van der Waals surface area contributed by atoms with E-state index in [1.165, 1.54) is 7.11 Å². The van der Waals surface area contributed by atoms with Crippen molar-refractivity contribution in [3.63, 3.8) is 0 Å². The molecule has 0 unspecified atom stereocenters. The van der Waals surface area contributed by atoms with E-state index in [9.17, 15) is 9.59 Å². The molecule has 1 aliphatic heterocycles. The first-order valence-corrected chi connectivity index (χ1v) is 8.80. The predicted octanol–water partition coefficient (Wildman–Crippen LogP) is 2.20. The molecule has 6 heteroatoms. The lowest BCUT2D eigenvalue weighted by Gasteiger charge is -2.25. The number of esters is 1. The molecule has 1 aromatic rings. The number of nitrogens with zero attached hydrogens (tertiary/aromatic N) is 1. The van der Waals surface area contributed by atoms with E-state index >= 15 is 0 Å². The third-order valence-corrected chi connectivity index (χ3v) is 4.20. The second-order valence-electron chi connectivity index (χ2n) is 6.05. The molecule has 0 N–H and O–H groups in total. The van der Waals surface area contributed by atoms with Crippen molar-refractivity contribution in [3.05, 3.63) is 29.8 Å². The van der Waals surface area contributed by atoms with Crippen LogP contribution in [0.25, 0.3) is 0 Å². The molecule has 1 amide bonds. The molecule has 1 atom stereocenters. The Bertz CT molecular complexity index is 551. The van der Waals surface area contributed by atoms with Crippen LogP contribution in [-0.2, 0) is 25.5 Å². The van der Waals surface area contributed by atoms with Gasteiger partial charge in [-0.15, -0.1) is 0 Å². The fourth-order valence-corrected chi connectivity index (χ4v) is 2.84. The van der Waals surface area contributed by atoms with Crippen molar-refractivity contribution in [1.82, 2.24) is 4.90 Å². The highest BCUT2D eigenvalue weighted by Gasteiger charge is 2.23. The molecule has 0 bridgehead atoms. The summed E-state index contributed by atoms with van der Waals surface area (Å²) in [7, 11) is 1.36. The SMILES string of the molecule is CCOc1ccc(CC(=O)N(CCC(=O)OC)C[C@H]2CCCO2)cc1. The van der Waals surface area contributed by atoms with Gasteiger partial charge in [0.15, 0.2) is 0 Å². The van der Waals surface area contributed by atoms with E-state index < -0.39 is 0 Å². The molecule has 1 saturated heterocycles. The average molecular weight is 349 g/mol. The zero-order valence-electron chi connectivity index (χ0n) is 15.0. The molecule has 1 aromatic carbocycles. The van der Waals surface area contributed by atoms with Crippen molar-refractivity contribution in [2.75, 3.05) is 33.4 Å². The Morgan fingerprint density at radius 3 is 2.64 bits per heavy atom. The van der Waals surface area contributed by atoms with Gasteiger partial charge in [-0.25, -0.2) is 0 Å². The lowest BCUT2D eigenvalue weighted by atomic mass is 10.1. The van der Waals surface area contributed by atoms with Crippen LogP contribution in [0.1, 0.15) is 31.7 Å². The summed E-state index contributed by atoms with van der Waals surface area (Å²) in [5.41, 5.74) is 0.920. The van der Waals surface area contributed by atoms with E-state index in [0.29, 0.717) is 26.1 Å². The third kappa shape index (κ3) is 6.38. The van der Waals surface area contributed by atoms with Gasteiger partial charge in [0, 0.05) is 19.7 Å². The molecule has 25 heavy (non-hydrogen) atoms. The largest absolute Gasteiger partial charge is 0.494 e. The highest BCUT2D eigenvalue weighted by molar-refractivity contribution is 5.79. The topological polar surface area (TPSA) is 65.1 Å². The van der Waals surface area contributed by atoms with Crippen LogP contribution in [-0.4, -0.2) is 56.3 Å². The van der Waals surface area contributed by atoms with E-state index in [4.69, 9.17) is 9.47 Å². The first-order chi connectivity index (χ1) is 12.1. The Morgan fingerprint density at radius 1 is 1.28 bits per heavy atom. The summed E-state index contributed by atoms with van der Waals surface area (Å²) in [6.45, 7) is 4.15. The minimum atomic E-state index is -0.314. The van der Waals surface area contributed by atoms with Gasteiger partial charge in [-0.2, -0.15) is 0 Å². The van der Waals surface area contributed by atoms with Crippen molar-refractivity contribution < 1.29 is 23.8 Å². The maximum absolute atomic E-state index is 12.7. The summed E-state index contributed by atoms with van der Waals surface area (Å²) in [5.74, 6) is 0.468. The van der Waals surface area contributed by atoms with Gasteiger partial charge in [0.25, 0.3) is 0 Å². The summed E-state index contributed by atoms with van der Waals surface area (Å²) in [4.78, 5) is 25.8. The van der Waals surface area contributed by atoms with Gasteiger partial charge >= 0.3 is 5.97 Å². The summed E-state index contributed by atoms with van der Waals surface area (Å²) in [5, 5.41) is 0. The number of carbonyl (C=O) groups is 2. The Morgan fingerprint density at radius 2 is 2.04 bits per heavy atom. The minimum Gasteiger partial charge on any atom is -0.494 e. The third-order valence-electron chi connectivity index (χ3n) is 4.20. The normalized spacial score (nSPS) is 16.5. The first kappa shape index (κ1) is 19.2. The van der Waals surface area contributed by atoms with Gasteiger partial charge in [0.2, 0.25) is 5.91 Å². The second kappa shape index (κ2) is 10.0. The molecule has 0 spiro atoms. The lowest BCUT2D eigenvalue weighted by Crippen LogP contribution is -2.39. The highest BCUT2D eigenvalue weighted by atomic mass is 16.5. The van der Waals surface area contributed by atoms with Gasteiger partial charge in [-0.1, -0.05) is 12.1 Å². The molecular weight excluding hydrogens is 322 g/mol. The maximum atomic E-state index is 12.7. The van der Waals surface area contributed by atoms with Crippen LogP contribution >= 0.6 is 0 Å². The fourth-order valence-electron chi connectivity index (χ4n) is 2.84. The van der Waals surface area contributed by atoms with Crippen molar-refractivity contribution in [2.24, 2.45) is 0 Å². The van der Waals surface area contributed by atoms with E-state index in [2.05, 4.69) is 4.74 Å². The van der Waals surface area contributed by atoms with Crippen LogP contribution in [0.5, 0.6) is 5.75 Å². The Hall–Kier alpha value is -2.08. The van der Waals surface area contributed by atoms with E-state index in [-0.39, 0.29) is 24.4 Å². The smallest absolute Gasteiger partial charge is 0.307 e. The van der Waals surface area contributed by atoms with Gasteiger partial charge in [0.1, 0.15) is 5.75 Å². The number of methoxy groups -OCH3 is 1. The Kier molecular flexibility index (Phi) is 7.73. The zero-order chi connectivity index (χ0) is 18.1. The van der Waals surface area contributed by atoms with Crippen molar-refractivity contribution in [2.45, 2.75) is 38.7 Å². The van der Waals surface area contributed by atoms with Crippen molar-refractivity contribution >= 4 is 11.9 Å². The molecule has 6 nitrogen and oxygen atoms in total. The van der Waals surface area contributed by atoms with Crippen molar-refractivity contribution in [3.8, 4) is 5.75 Å². The molecule has 138 valence electrons. The van der Waals surface area contributed by atoms with Gasteiger partial charge < -0.3 is 19.1 Å². The standard InChI is InChI=1S/C19H27NO5/c1-3-24-16-8-6-15(7-9-16)13-18(21)20(11-10-19(22)23-2)14-17-5-4-12-25-17/h6-9,17H,3-5,10-14H2,1-2H3/t17-/m1/s1. The van der Waals surface area contributed by atoms with E-state index in [1.807, 2.05) is 31.2 Å². The quantitative estimate of drug-likeness (QED) is 0.640. The number of benzene rings is 1. The van der Waals surface area contributed by atoms with Crippen molar-refractivity contribution in [1.29, 1.82) is 0 Å². The van der Waals surface area contributed by atoms with Crippen LogP contribution < -0.4 is 4.74 Å². The number of carbonyl (C=O) groups excluding carboxylic acids is 2. The average Bonchev–Trinajstić information content (AvgIpc) is 3.13. The number of ether oxygens (including phenoxy) is 3. The summed E-state index contributed by atoms with van der Waals surface area (Å²) >= 11 is 0. The van der Waals surface area contributed by atoms with Gasteiger partial charge in [-0.3, -0.25) is 9.59 Å². The van der Waals surface area contributed by atoms with Crippen LogP contribution in [0.4, 0.5) is 0 Å². The Labute approximate surface area is 149 Å². The monoisotopic (exact) mass is 349 g/mol. The van der Waals surface area contributed by atoms with Gasteiger partial charge in [-0.05, 0) is 37.5 Å². The molecule has 0 aromatic heterocycles. The second-order valence-corrected chi connectivity index (χ2v) is 6.05. The summed E-state index contributed by atoms with van der Waals surface area (Å²) in [6.07, 6.45) is 2.51. The van der Waals surface area contributed by atoms with Gasteiger partial charge in [0.05, 0.1) is 32.7 Å². The number of rotatable bonds is 9. The minimum absolute atomic E-state index is 0.0106. The maximum Gasteiger partial charge on any atom is 0.307 e. The van der Waals surface area contributed by atoms with E-state index in [0.717, 1.165) is 30.8 Å². The fraction of sp³-hybridized carbons (Fsp3) is 0.579. The first-order valence-electron chi connectivity index (χ1n) is 8.80. The number of amides is 1. The molecule has 1 fully saturated rings. The number of hydrogen-bond donors (Lipinski definition) is 0. The summed E-state index contributed by atoms with van der Waals surface area (Å²) < 4.78 is 15.7. The summed E-state index contributed by atoms with van der Waals surface area (Å²) in [6, 6.07) is 7.52.